The lowest BCUT2D eigenvalue weighted by Crippen LogP contribution is -2.15. The van der Waals surface area contributed by atoms with Crippen molar-refractivity contribution in [2.75, 3.05) is 5.32 Å². The molecule has 8 heteroatoms. The Morgan fingerprint density at radius 3 is 2.83 bits per heavy atom. The van der Waals surface area contributed by atoms with Crippen LogP contribution in [0.4, 0.5) is 10.1 Å². The van der Waals surface area contributed by atoms with E-state index in [-0.39, 0.29) is 22.9 Å². The molecular formula is C16H13ClFN5O. The van der Waals surface area contributed by atoms with Gasteiger partial charge in [0.15, 0.2) is 0 Å². The van der Waals surface area contributed by atoms with E-state index in [2.05, 4.69) is 20.8 Å². The molecule has 0 radical (unpaired) electrons. The molecule has 24 heavy (non-hydrogen) atoms. The highest BCUT2D eigenvalue weighted by Crippen LogP contribution is 2.21. The Bertz CT molecular complexity index is 862. The number of nitrogens with one attached hydrogen (secondary N) is 1. The van der Waals surface area contributed by atoms with Crippen molar-refractivity contribution in [2.24, 2.45) is 0 Å². The number of amides is 1. The minimum absolute atomic E-state index is 0.140. The minimum Gasteiger partial charge on any atom is -0.326 e. The van der Waals surface area contributed by atoms with Gasteiger partial charge in [-0.05, 0) is 53.2 Å². The number of anilines is 1. The molecular weight excluding hydrogens is 333 g/mol. The minimum atomic E-state index is -0.497. The molecule has 0 bridgehead atoms. The van der Waals surface area contributed by atoms with E-state index >= 15 is 0 Å². The third-order valence-electron chi connectivity index (χ3n) is 3.48. The van der Waals surface area contributed by atoms with Crippen LogP contribution in [0.2, 0.25) is 5.02 Å². The molecule has 6 nitrogen and oxygen atoms in total. The Labute approximate surface area is 142 Å². The second kappa shape index (κ2) is 6.76. The number of halogens is 2. The molecule has 1 N–H and O–H groups in total. The van der Waals surface area contributed by atoms with E-state index in [1.807, 2.05) is 6.92 Å². The summed E-state index contributed by atoms with van der Waals surface area (Å²) in [5, 5.41) is 14.0. The Balaban J connectivity index is 1.74. The van der Waals surface area contributed by atoms with Crippen LogP contribution in [0.5, 0.6) is 0 Å². The summed E-state index contributed by atoms with van der Waals surface area (Å²) in [4.78, 5) is 12.1. The smallest absolute Gasteiger partial charge is 0.228 e. The molecule has 0 aliphatic heterocycles. The van der Waals surface area contributed by atoms with E-state index in [1.165, 1.54) is 23.1 Å². The summed E-state index contributed by atoms with van der Waals surface area (Å²) < 4.78 is 15.3. The van der Waals surface area contributed by atoms with Gasteiger partial charge >= 0.3 is 0 Å². The van der Waals surface area contributed by atoms with Crippen molar-refractivity contribution in [1.29, 1.82) is 0 Å². The maximum atomic E-state index is 13.7. The van der Waals surface area contributed by atoms with Crippen LogP contribution in [-0.2, 0) is 11.2 Å². The third kappa shape index (κ3) is 3.41. The predicted octanol–water partition coefficient (Wildman–Crippen LogP) is 2.94. The van der Waals surface area contributed by atoms with E-state index in [0.717, 1.165) is 11.3 Å². The van der Waals surface area contributed by atoms with Crippen molar-refractivity contribution in [2.45, 2.75) is 13.3 Å². The van der Waals surface area contributed by atoms with Gasteiger partial charge in [0, 0.05) is 16.3 Å². The third-order valence-corrected chi connectivity index (χ3v) is 3.83. The molecule has 2 aromatic carbocycles. The number of carbonyl (C=O) groups is 1. The van der Waals surface area contributed by atoms with Crippen molar-refractivity contribution < 1.29 is 9.18 Å². The monoisotopic (exact) mass is 345 g/mol. The zero-order valence-corrected chi connectivity index (χ0v) is 13.5. The number of hydrogen-bond acceptors (Lipinski definition) is 4. The summed E-state index contributed by atoms with van der Waals surface area (Å²) in [5.41, 5.74) is 2.46. The summed E-state index contributed by atoms with van der Waals surface area (Å²) >= 11 is 5.94. The Kier molecular flexibility index (Phi) is 4.52. The molecule has 3 aromatic rings. The number of rotatable bonds is 4. The predicted molar refractivity (Wildman–Crippen MR) is 87.6 cm³/mol. The van der Waals surface area contributed by atoms with Crippen LogP contribution in [0.3, 0.4) is 0 Å². The highest BCUT2D eigenvalue weighted by molar-refractivity contribution is 6.31. The molecule has 0 aliphatic carbocycles. The Morgan fingerprint density at radius 2 is 2.17 bits per heavy atom. The molecule has 0 aliphatic rings. The van der Waals surface area contributed by atoms with Gasteiger partial charge in [-0.2, -0.15) is 0 Å². The van der Waals surface area contributed by atoms with Gasteiger partial charge in [-0.1, -0.05) is 17.7 Å². The van der Waals surface area contributed by atoms with Gasteiger partial charge in [-0.3, -0.25) is 4.79 Å². The van der Waals surface area contributed by atoms with Crippen LogP contribution in [0.1, 0.15) is 11.1 Å². The van der Waals surface area contributed by atoms with Crippen molar-refractivity contribution in [1.82, 2.24) is 20.2 Å². The molecule has 1 aromatic heterocycles. The maximum Gasteiger partial charge on any atom is 0.228 e. The van der Waals surface area contributed by atoms with E-state index in [4.69, 9.17) is 11.6 Å². The summed E-state index contributed by atoms with van der Waals surface area (Å²) in [6.45, 7) is 1.88. The van der Waals surface area contributed by atoms with Crippen LogP contribution >= 0.6 is 11.6 Å². The van der Waals surface area contributed by atoms with Crippen molar-refractivity contribution in [3.63, 3.8) is 0 Å². The van der Waals surface area contributed by atoms with Gasteiger partial charge in [-0.15, -0.1) is 5.10 Å². The average Bonchev–Trinajstić information content (AvgIpc) is 3.05. The fourth-order valence-corrected chi connectivity index (χ4v) is 2.56. The average molecular weight is 346 g/mol. The molecule has 0 saturated heterocycles. The Hall–Kier alpha value is -2.80. The van der Waals surface area contributed by atoms with Gasteiger partial charge in [0.1, 0.15) is 12.1 Å². The lowest BCUT2D eigenvalue weighted by atomic mass is 10.1. The van der Waals surface area contributed by atoms with E-state index in [0.29, 0.717) is 5.69 Å². The van der Waals surface area contributed by atoms with Crippen LogP contribution in [0, 0.1) is 12.7 Å². The number of hydrogen-bond donors (Lipinski definition) is 1. The van der Waals surface area contributed by atoms with Gasteiger partial charge in [0.25, 0.3) is 0 Å². The largest absolute Gasteiger partial charge is 0.326 e. The SMILES string of the molecule is Cc1cc(NC(=O)Cc2c(F)cccc2Cl)ccc1-n1cnnn1. The lowest BCUT2D eigenvalue weighted by Gasteiger charge is -2.10. The van der Waals surface area contributed by atoms with Gasteiger partial charge in [-0.25, -0.2) is 9.07 Å². The topological polar surface area (TPSA) is 72.7 Å². The first kappa shape index (κ1) is 16.1. The number of benzene rings is 2. The Morgan fingerprint density at radius 1 is 1.33 bits per heavy atom. The summed E-state index contributed by atoms with van der Waals surface area (Å²) in [7, 11) is 0. The van der Waals surface area contributed by atoms with Crippen LogP contribution in [0.15, 0.2) is 42.7 Å². The summed E-state index contributed by atoms with van der Waals surface area (Å²) in [6, 6.07) is 9.64. The zero-order valence-electron chi connectivity index (χ0n) is 12.7. The number of tetrazole rings is 1. The fraction of sp³-hybridized carbons (Fsp3) is 0.125. The molecule has 1 amide bonds. The highest BCUT2D eigenvalue weighted by Gasteiger charge is 2.12. The molecule has 0 fully saturated rings. The number of carbonyl (C=O) groups excluding carboxylic acids is 1. The highest BCUT2D eigenvalue weighted by atomic mass is 35.5. The zero-order chi connectivity index (χ0) is 17.1. The van der Waals surface area contributed by atoms with Crippen molar-refractivity contribution in [3.8, 4) is 5.69 Å². The first-order valence-electron chi connectivity index (χ1n) is 7.11. The molecule has 0 unspecified atom stereocenters. The number of nitrogens with zero attached hydrogens (tertiary/aromatic N) is 4. The van der Waals surface area contributed by atoms with Crippen molar-refractivity contribution >= 4 is 23.2 Å². The van der Waals surface area contributed by atoms with Crippen LogP contribution in [-0.4, -0.2) is 26.1 Å². The second-order valence-electron chi connectivity index (χ2n) is 5.18. The van der Waals surface area contributed by atoms with Gasteiger partial charge < -0.3 is 5.32 Å². The molecule has 0 spiro atoms. The quantitative estimate of drug-likeness (QED) is 0.789. The van der Waals surface area contributed by atoms with Gasteiger partial charge in [0.2, 0.25) is 5.91 Å². The van der Waals surface area contributed by atoms with Crippen LogP contribution < -0.4 is 5.32 Å². The van der Waals surface area contributed by atoms with Gasteiger partial charge in [0.05, 0.1) is 12.1 Å². The molecule has 3 rings (SSSR count). The normalized spacial score (nSPS) is 10.6. The summed E-state index contributed by atoms with van der Waals surface area (Å²) in [6.07, 6.45) is 1.35. The standard InChI is InChI=1S/C16H13ClFN5O/c1-10-7-11(5-6-15(10)23-9-19-21-22-23)20-16(24)8-12-13(17)3-2-4-14(12)18/h2-7,9H,8H2,1H3,(H,20,24). The van der Waals surface area contributed by atoms with E-state index in [1.54, 1.807) is 24.3 Å². The molecule has 1 heterocycles. The second-order valence-corrected chi connectivity index (χ2v) is 5.59. The molecule has 0 saturated carbocycles. The first-order chi connectivity index (χ1) is 11.5. The molecule has 122 valence electrons. The number of aryl methyl sites for hydroxylation is 1. The maximum absolute atomic E-state index is 13.7. The van der Waals surface area contributed by atoms with E-state index < -0.39 is 5.82 Å². The van der Waals surface area contributed by atoms with E-state index in [9.17, 15) is 9.18 Å². The van der Waals surface area contributed by atoms with Crippen LogP contribution in [0.25, 0.3) is 5.69 Å². The first-order valence-corrected chi connectivity index (χ1v) is 7.49. The number of aromatic nitrogens is 4. The summed E-state index contributed by atoms with van der Waals surface area (Å²) in [5.74, 6) is -0.848. The molecule has 0 atom stereocenters. The fourth-order valence-electron chi connectivity index (χ4n) is 2.33. The lowest BCUT2D eigenvalue weighted by molar-refractivity contribution is -0.115. The van der Waals surface area contributed by atoms with Crippen molar-refractivity contribution in [3.05, 3.63) is 64.7 Å².